The summed E-state index contributed by atoms with van der Waals surface area (Å²) in [4.78, 5) is 12.7. The molecule has 0 radical (unpaired) electrons. The Labute approximate surface area is 153 Å². The molecule has 0 bridgehead atoms. The minimum absolute atomic E-state index is 0.0495. The number of nitrogens with zero attached hydrogens (tertiary/aromatic N) is 2. The van der Waals surface area contributed by atoms with Gasteiger partial charge in [0.1, 0.15) is 0 Å². The van der Waals surface area contributed by atoms with Crippen molar-refractivity contribution in [2.45, 2.75) is 30.4 Å². The van der Waals surface area contributed by atoms with Gasteiger partial charge in [-0.05, 0) is 43.7 Å². The predicted molar refractivity (Wildman–Crippen MR) is 94.2 cm³/mol. The van der Waals surface area contributed by atoms with Crippen LogP contribution < -0.4 is 0 Å². The molecule has 1 aliphatic rings. The SMILES string of the molecule is COCc1cc(Cl)cc(S(=O)(=O)N2CCC(N(C)CC(=O)O)CC2)c1. The number of carboxylic acids is 1. The second-order valence-electron chi connectivity index (χ2n) is 6.17. The number of likely N-dealkylation sites (N-methyl/N-ethyl adjacent to an activating group) is 1. The van der Waals surface area contributed by atoms with E-state index < -0.39 is 16.0 Å². The summed E-state index contributed by atoms with van der Waals surface area (Å²) >= 11 is 6.04. The van der Waals surface area contributed by atoms with E-state index >= 15 is 0 Å². The lowest BCUT2D eigenvalue weighted by atomic mass is 10.1. The topological polar surface area (TPSA) is 87.2 Å². The van der Waals surface area contributed by atoms with Gasteiger partial charge in [-0.2, -0.15) is 4.31 Å². The molecule has 0 saturated carbocycles. The van der Waals surface area contributed by atoms with Gasteiger partial charge in [0.15, 0.2) is 0 Å². The monoisotopic (exact) mass is 390 g/mol. The van der Waals surface area contributed by atoms with Crippen LogP contribution in [-0.4, -0.2) is 68.5 Å². The summed E-state index contributed by atoms with van der Waals surface area (Å²) in [7, 11) is -0.357. The lowest BCUT2D eigenvalue weighted by molar-refractivity contribution is -0.138. The molecular weight excluding hydrogens is 368 g/mol. The van der Waals surface area contributed by atoms with Gasteiger partial charge in [0.05, 0.1) is 18.0 Å². The van der Waals surface area contributed by atoms with Gasteiger partial charge in [-0.1, -0.05) is 11.6 Å². The molecule has 0 aliphatic carbocycles. The molecule has 1 N–H and O–H groups in total. The summed E-state index contributed by atoms with van der Waals surface area (Å²) in [6, 6.07) is 4.76. The van der Waals surface area contributed by atoms with Crippen molar-refractivity contribution in [3.05, 3.63) is 28.8 Å². The molecule has 7 nitrogen and oxygen atoms in total. The number of methoxy groups -OCH3 is 1. The van der Waals surface area contributed by atoms with Crippen molar-refractivity contribution < 1.29 is 23.1 Å². The Morgan fingerprint density at radius 1 is 1.36 bits per heavy atom. The van der Waals surface area contributed by atoms with E-state index in [1.54, 1.807) is 24.1 Å². The second-order valence-corrected chi connectivity index (χ2v) is 8.55. The molecule has 0 aromatic heterocycles. The van der Waals surface area contributed by atoms with E-state index in [2.05, 4.69) is 0 Å². The molecule has 1 aromatic carbocycles. The zero-order valence-electron chi connectivity index (χ0n) is 14.3. The van der Waals surface area contributed by atoms with Gasteiger partial charge in [-0.25, -0.2) is 8.42 Å². The number of carboxylic acid groups (broad SMARTS) is 1. The molecule has 9 heteroatoms. The number of hydrogen-bond donors (Lipinski definition) is 1. The Morgan fingerprint density at radius 2 is 2.00 bits per heavy atom. The number of rotatable bonds is 7. The van der Waals surface area contributed by atoms with E-state index in [-0.39, 0.29) is 24.1 Å². The van der Waals surface area contributed by atoms with Gasteiger partial charge < -0.3 is 9.84 Å². The van der Waals surface area contributed by atoms with Crippen LogP contribution in [0.5, 0.6) is 0 Å². The zero-order chi connectivity index (χ0) is 18.6. The molecule has 140 valence electrons. The van der Waals surface area contributed by atoms with E-state index in [1.807, 2.05) is 0 Å². The third-order valence-electron chi connectivity index (χ3n) is 4.31. The predicted octanol–water partition coefficient (Wildman–Crippen LogP) is 1.66. The van der Waals surface area contributed by atoms with Crippen LogP contribution in [0.4, 0.5) is 0 Å². The number of hydrogen-bond acceptors (Lipinski definition) is 5. The molecule has 1 saturated heterocycles. The molecular formula is C16H23ClN2O5S. The van der Waals surface area contributed by atoms with Crippen LogP contribution >= 0.6 is 11.6 Å². The maximum absolute atomic E-state index is 12.9. The quantitative estimate of drug-likeness (QED) is 0.761. The largest absolute Gasteiger partial charge is 0.480 e. The van der Waals surface area contributed by atoms with Crippen LogP contribution in [0.15, 0.2) is 23.1 Å². The maximum Gasteiger partial charge on any atom is 0.317 e. The third kappa shape index (κ3) is 5.15. The van der Waals surface area contributed by atoms with E-state index in [0.29, 0.717) is 36.5 Å². The van der Waals surface area contributed by atoms with E-state index in [9.17, 15) is 13.2 Å². The Bertz CT molecular complexity index is 717. The Kier molecular flexibility index (Phi) is 6.81. The van der Waals surface area contributed by atoms with Gasteiger partial charge in [-0.3, -0.25) is 9.69 Å². The van der Waals surface area contributed by atoms with Crippen molar-refractivity contribution in [2.75, 3.05) is 33.8 Å². The van der Waals surface area contributed by atoms with Crippen molar-refractivity contribution in [2.24, 2.45) is 0 Å². The Balaban J connectivity index is 2.10. The van der Waals surface area contributed by atoms with Crippen molar-refractivity contribution in [1.82, 2.24) is 9.21 Å². The average Bonchev–Trinajstić information content (AvgIpc) is 2.54. The standard InChI is InChI=1S/C16H23ClN2O5S/c1-18(10-16(20)21)14-3-5-19(6-4-14)25(22,23)15-8-12(11-24-2)7-13(17)9-15/h7-9,14H,3-6,10-11H2,1-2H3,(H,20,21). The minimum Gasteiger partial charge on any atom is -0.480 e. The molecule has 0 unspecified atom stereocenters. The number of halogens is 1. The van der Waals surface area contributed by atoms with Gasteiger partial charge in [0, 0.05) is 31.3 Å². The van der Waals surface area contributed by atoms with Crippen LogP contribution in [0.3, 0.4) is 0 Å². The molecule has 1 heterocycles. The molecule has 0 atom stereocenters. The number of ether oxygens (including phenoxy) is 1. The molecule has 2 rings (SSSR count). The minimum atomic E-state index is -3.64. The highest BCUT2D eigenvalue weighted by Gasteiger charge is 2.31. The van der Waals surface area contributed by atoms with Crippen molar-refractivity contribution in [1.29, 1.82) is 0 Å². The summed E-state index contributed by atoms with van der Waals surface area (Å²) in [5, 5.41) is 9.22. The number of benzene rings is 1. The van der Waals surface area contributed by atoms with Crippen LogP contribution in [0.2, 0.25) is 5.02 Å². The van der Waals surface area contributed by atoms with Gasteiger partial charge in [0.2, 0.25) is 10.0 Å². The molecule has 1 fully saturated rings. The summed E-state index contributed by atoms with van der Waals surface area (Å²) in [6.45, 7) is 0.934. The lowest BCUT2D eigenvalue weighted by Gasteiger charge is -2.35. The highest BCUT2D eigenvalue weighted by Crippen LogP contribution is 2.26. The smallest absolute Gasteiger partial charge is 0.317 e. The first kappa shape index (κ1) is 20.1. The van der Waals surface area contributed by atoms with Crippen LogP contribution in [0.25, 0.3) is 0 Å². The molecule has 1 aromatic rings. The average molecular weight is 391 g/mol. The van der Waals surface area contributed by atoms with Gasteiger partial charge in [0.25, 0.3) is 0 Å². The molecule has 25 heavy (non-hydrogen) atoms. The number of carbonyl (C=O) groups is 1. The fourth-order valence-corrected chi connectivity index (χ4v) is 4.92. The number of aliphatic carboxylic acids is 1. The normalized spacial score (nSPS) is 17.1. The van der Waals surface area contributed by atoms with Crippen molar-refractivity contribution in [3.8, 4) is 0 Å². The fraction of sp³-hybridized carbons (Fsp3) is 0.562. The van der Waals surface area contributed by atoms with Crippen LogP contribution in [-0.2, 0) is 26.2 Å². The Morgan fingerprint density at radius 3 is 2.56 bits per heavy atom. The fourth-order valence-electron chi connectivity index (χ4n) is 3.03. The summed E-state index contributed by atoms with van der Waals surface area (Å²) in [6.07, 6.45) is 1.18. The summed E-state index contributed by atoms with van der Waals surface area (Å²) in [5.41, 5.74) is 0.699. The highest BCUT2D eigenvalue weighted by molar-refractivity contribution is 7.89. The second kappa shape index (κ2) is 8.46. The van der Waals surface area contributed by atoms with Crippen molar-refractivity contribution >= 4 is 27.6 Å². The maximum atomic E-state index is 12.9. The highest BCUT2D eigenvalue weighted by atomic mass is 35.5. The zero-order valence-corrected chi connectivity index (χ0v) is 15.9. The number of sulfonamides is 1. The molecule has 0 spiro atoms. The first-order chi connectivity index (χ1) is 11.7. The third-order valence-corrected chi connectivity index (χ3v) is 6.41. The Hall–Kier alpha value is -1.19. The van der Waals surface area contributed by atoms with Gasteiger partial charge in [-0.15, -0.1) is 0 Å². The van der Waals surface area contributed by atoms with Crippen molar-refractivity contribution in [3.63, 3.8) is 0 Å². The number of piperidine rings is 1. The first-order valence-corrected chi connectivity index (χ1v) is 9.76. The summed E-state index contributed by atoms with van der Waals surface area (Å²) in [5.74, 6) is -0.887. The van der Waals surface area contributed by atoms with Crippen LogP contribution in [0.1, 0.15) is 18.4 Å². The lowest BCUT2D eigenvalue weighted by Crippen LogP contribution is -2.46. The van der Waals surface area contributed by atoms with E-state index in [0.717, 1.165) is 0 Å². The molecule has 1 aliphatic heterocycles. The molecule has 0 amide bonds. The summed E-state index contributed by atoms with van der Waals surface area (Å²) < 4.78 is 32.2. The first-order valence-electron chi connectivity index (χ1n) is 7.94. The van der Waals surface area contributed by atoms with E-state index in [1.165, 1.54) is 17.5 Å². The van der Waals surface area contributed by atoms with Gasteiger partial charge >= 0.3 is 5.97 Å². The van der Waals surface area contributed by atoms with E-state index in [4.69, 9.17) is 21.4 Å². The van der Waals surface area contributed by atoms with Crippen LogP contribution in [0, 0.1) is 0 Å².